The summed E-state index contributed by atoms with van der Waals surface area (Å²) in [5, 5.41) is 8.66. The Balaban J connectivity index is 1.94. The molecule has 0 saturated carbocycles. The Labute approximate surface area is 106 Å². The van der Waals surface area contributed by atoms with Crippen molar-refractivity contribution in [3.05, 3.63) is 17.9 Å². The molecule has 1 aliphatic rings. The van der Waals surface area contributed by atoms with Gasteiger partial charge in [0, 0.05) is 13.2 Å². The van der Waals surface area contributed by atoms with Crippen molar-refractivity contribution in [1.82, 2.24) is 4.72 Å². The first kappa shape index (κ1) is 13.5. The van der Waals surface area contributed by atoms with Gasteiger partial charge in [-0.2, -0.15) is 0 Å². The summed E-state index contributed by atoms with van der Waals surface area (Å²) in [5.74, 6) is 0.442. The van der Waals surface area contributed by atoms with Crippen LogP contribution in [0.25, 0.3) is 0 Å². The standard InChI is InChI=1S/C11H17NO5S/c13-7-10-3-4-11(17-10)18(14,15)12-6-9-2-1-5-16-8-9/h3-4,9,12-13H,1-2,5-8H2. The van der Waals surface area contributed by atoms with Gasteiger partial charge in [0.2, 0.25) is 5.09 Å². The summed E-state index contributed by atoms with van der Waals surface area (Å²) in [4.78, 5) is 0. The van der Waals surface area contributed by atoms with Crippen LogP contribution in [0.2, 0.25) is 0 Å². The van der Waals surface area contributed by atoms with Gasteiger partial charge in [0.25, 0.3) is 10.0 Å². The number of hydrogen-bond donors (Lipinski definition) is 2. The van der Waals surface area contributed by atoms with E-state index in [4.69, 9.17) is 14.3 Å². The summed E-state index contributed by atoms with van der Waals surface area (Å²) < 4.78 is 36.5. The van der Waals surface area contributed by atoms with Crippen molar-refractivity contribution in [3.8, 4) is 0 Å². The van der Waals surface area contributed by atoms with Crippen LogP contribution in [0.4, 0.5) is 0 Å². The zero-order chi connectivity index (χ0) is 13.0. The number of aliphatic hydroxyl groups is 1. The lowest BCUT2D eigenvalue weighted by atomic mass is 10.0. The van der Waals surface area contributed by atoms with Gasteiger partial charge in [-0.15, -0.1) is 0 Å². The quantitative estimate of drug-likeness (QED) is 0.815. The molecule has 102 valence electrons. The first-order valence-corrected chi connectivity index (χ1v) is 7.37. The fourth-order valence-corrected chi connectivity index (χ4v) is 2.92. The topological polar surface area (TPSA) is 88.8 Å². The van der Waals surface area contributed by atoms with Crippen molar-refractivity contribution in [3.63, 3.8) is 0 Å². The fraction of sp³-hybridized carbons (Fsp3) is 0.636. The van der Waals surface area contributed by atoms with Crippen molar-refractivity contribution in [2.24, 2.45) is 5.92 Å². The molecular weight excluding hydrogens is 258 g/mol. The molecule has 7 heteroatoms. The van der Waals surface area contributed by atoms with Gasteiger partial charge in [0.05, 0.1) is 6.61 Å². The molecule has 18 heavy (non-hydrogen) atoms. The Morgan fingerprint density at radius 2 is 2.28 bits per heavy atom. The van der Waals surface area contributed by atoms with Gasteiger partial charge in [-0.1, -0.05) is 0 Å². The van der Waals surface area contributed by atoms with Crippen LogP contribution in [0.15, 0.2) is 21.6 Å². The van der Waals surface area contributed by atoms with E-state index in [2.05, 4.69) is 4.72 Å². The largest absolute Gasteiger partial charge is 0.446 e. The molecule has 0 aromatic carbocycles. The minimum Gasteiger partial charge on any atom is -0.446 e. The predicted molar refractivity (Wildman–Crippen MR) is 63.4 cm³/mol. The summed E-state index contributed by atoms with van der Waals surface area (Å²) in [7, 11) is -3.63. The molecule has 0 bridgehead atoms. The van der Waals surface area contributed by atoms with E-state index in [1.54, 1.807) is 0 Å². The number of aliphatic hydroxyl groups excluding tert-OH is 1. The smallest absolute Gasteiger partial charge is 0.273 e. The third kappa shape index (κ3) is 3.32. The Morgan fingerprint density at radius 1 is 1.44 bits per heavy atom. The second-order valence-corrected chi connectivity index (χ2v) is 6.01. The van der Waals surface area contributed by atoms with E-state index in [0.29, 0.717) is 13.2 Å². The molecule has 0 aliphatic carbocycles. The van der Waals surface area contributed by atoms with Gasteiger partial charge < -0.3 is 14.3 Å². The number of sulfonamides is 1. The van der Waals surface area contributed by atoms with Crippen LogP contribution in [-0.2, 0) is 21.4 Å². The summed E-state index contributed by atoms with van der Waals surface area (Å²) in [5.41, 5.74) is 0. The number of ether oxygens (including phenoxy) is 1. The van der Waals surface area contributed by atoms with Crippen LogP contribution in [0.3, 0.4) is 0 Å². The van der Waals surface area contributed by atoms with Crippen molar-refractivity contribution >= 4 is 10.0 Å². The van der Waals surface area contributed by atoms with Gasteiger partial charge in [0.1, 0.15) is 12.4 Å². The highest BCUT2D eigenvalue weighted by Crippen LogP contribution is 2.16. The maximum Gasteiger partial charge on any atom is 0.273 e. The molecule has 2 heterocycles. The monoisotopic (exact) mass is 275 g/mol. The molecule has 1 aromatic rings. The Bertz CT molecular complexity index is 475. The third-order valence-corrected chi connectivity index (χ3v) is 4.17. The number of nitrogens with one attached hydrogen (secondary N) is 1. The summed E-state index contributed by atoms with van der Waals surface area (Å²) in [6, 6.07) is 2.78. The highest BCUT2D eigenvalue weighted by molar-refractivity contribution is 7.89. The van der Waals surface area contributed by atoms with E-state index >= 15 is 0 Å². The van der Waals surface area contributed by atoms with E-state index in [-0.39, 0.29) is 23.4 Å². The van der Waals surface area contributed by atoms with Crippen molar-refractivity contribution in [1.29, 1.82) is 0 Å². The average molecular weight is 275 g/mol. The van der Waals surface area contributed by atoms with Crippen LogP contribution in [0, 0.1) is 5.92 Å². The highest BCUT2D eigenvalue weighted by atomic mass is 32.2. The van der Waals surface area contributed by atoms with Crippen LogP contribution in [-0.4, -0.2) is 33.3 Å². The lowest BCUT2D eigenvalue weighted by molar-refractivity contribution is 0.0567. The molecule has 6 nitrogen and oxygen atoms in total. The van der Waals surface area contributed by atoms with Crippen LogP contribution < -0.4 is 4.72 Å². The molecule has 1 atom stereocenters. The first-order valence-electron chi connectivity index (χ1n) is 5.89. The normalized spacial score (nSPS) is 21.1. The van der Waals surface area contributed by atoms with Crippen LogP contribution in [0.1, 0.15) is 18.6 Å². The second-order valence-electron chi connectivity index (χ2n) is 4.31. The van der Waals surface area contributed by atoms with Gasteiger partial charge in [-0.3, -0.25) is 0 Å². The molecule has 1 unspecified atom stereocenters. The van der Waals surface area contributed by atoms with Crippen LogP contribution >= 0.6 is 0 Å². The maximum absolute atomic E-state index is 11.9. The number of hydrogen-bond acceptors (Lipinski definition) is 5. The van der Waals surface area contributed by atoms with Gasteiger partial charge in [0.15, 0.2) is 0 Å². The van der Waals surface area contributed by atoms with E-state index in [9.17, 15) is 8.42 Å². The Hall–Kier alpha value is -0.890. The zero-order valence-corrected chi connectivity index (χ0v) is 10.8. The van der Waals surface area contributed by atoms with E-state index in [1.165, 1.54) is 12.1 Å². The van der Waals surface area contributed by atoms with E-state index in [1.807, 2.05) is 0 Å². The summed E-state index contributed by atoms with van der Waals surface area (Å²) in [6.07, 6.45) is 1.92. The number of furan rings is 1. The molecule has 1 saturated heterocycles. The Kier molecular flexibility index (Phi) is 4.39. The third-order valence-electron chi connectivity index (χ3n) is 2.87. The molecule has 2 rings (SSSR count). The van der Waals surface area contributed by atoms with Gasteiger partial charge in [-0.25, -0.2) is 13.1 Å². The maximum atomic E-state index is 11.9. The minimum absolute atomic E-state index is 0.164. The van der Waals surface area contributed by atoms with Crippen molar-refractivity contribution in [2.75, 3.05) is 19.8 Å². The summed E-state index contributed by atoms with van der Waals surface area (Å²) in [6.45, 7) is 1.37. The fourth-order valence-electron chi connectivity index (χ4n) is 1.85. The number of rotatable bonds is 5. The molecule has 1 aromatic heterocycles. The van der Waals surface area contributed by atoms with E-state index in [0.717, 1.165) is 19.4 Å². The molecule has 0 spiro atoms. The second kappa shape index (κ2) is 5.83. The van der Waals surface area contributed by atoms with Gasteiger partial charge in [-0.05, 0) is 30.9 Å². The Morgan fingerprint density at radius 3 is 2.89 bits per heavy atom. The SMILES string of the molecule is O=S(=O)(NCC1CCCOC1)c1ccc(CO)o1. The highest BCUT2D eigenvalue weighted by Gasteiger charge is 2.21. The molecule has 0 amide bonds. The van der Waals surface area contributed by atoms with E-state index < -0.39 is 10.0 Å². The molecule has 0 radical (unpaired) electrons. The first-order chi connectivity index (χ1) is 8.62. The van der Waals surface area contributed by atoms with Crippen molar-refractivity contribution < 1.29 is 22.7 Å². The lowest BCUT2D eigenvalue weighted by Gasteiger charge is -2.21. The lowest BCUT2D eigenvalue weighted by Crippen LogP contribution is -2.33. The van der Waals surface area contributed by atoms with Crippen LogP contribution in [0.5, 0.6) is 0 Å². The summed E-state index contributed by atoms with van der Waals surface area (Å²) >= 11 is 0. The molecule has 1 aliphatic heterocycles. The molecular formula is C11H17NO5S. The molecule has 1 fully saturated rings. The average Bonchev–Trinajstić information content (AvgIpc) is 2.87. The van der Waals surface area contributed by atoms with Crippen molar-refractivity contribution in [2.45, 2.75) is 24.5 Å². The minimum atomic E-state index is -3.63. The molecule has 2 N–H and O–H groups in total. The van der Waals surface area contributed by atoms with Gasteiger partial charge >= 0.3 is 0 Å². The predicted octanol–water partition coefficient (Wildman–Crippen LogP) is 0.477. The zero-order valence-electron chi connectivity index (χ0n) is 9.96.